The summed E-state index contributed by atoms with van der Waals surface area (Å²) in [6.45, 7) is 5.38. The van der Waals surface area contributed by atoms with Crippen LogP contribution in [0.4, 0.5) is 0 Å². The number of thiocarbonyl (C=S) groups is 1. The van der Waals surface area contributed by atoms with Gasteiger partial charge in [0.2, 0.25) is 5.91 Å². The van der Waals surface area contributed by atoms with Crippen molar-refractivity contribution in [1.82, 2.24) is 5.32 Å². The van der Waals surface area contributed by atoms with Crippen molar-refractivity contribution in [3.63, 3.8) is 0 Å². The molecule has 16 heavy (non-hydrogen) atoms. The molecule has 1 rings (SSSR count). The summed E-state index contributed by atoms with van der Waals surface area (Å²) in [6, 6.07) is 0. The van der Waals surface area contributed by atoms with Crippen molar-refractivity contribution in [2.45, 2.75) is 32.8 Å². The summed E-state index contributed by atoms with van der Waals surface area (Å²) in [5.74, 6) is 0.00882. The van der Waals surface area contributed by atoms with Crippen molar-refractivity contribution < 1.29 is 9.53 Å². The summed E-state index contributed by atoms with van der Waals surface area (Å²) in [7, 11) is 0. The summed E-state index contributed by atoms with van der Waals surface area (Å²) in [6.07, 6.45) is 1.88. The predicted molar refractivity (Wildman–Crippen MR) is 67.1 cm³/mol. The predicted octanol–water partition coefficient (Wildman–Crippen LogP) is 0.840. The highest BCUT2D eigenvalue weighted by Crippen LogP contribution is 2.19. The van der Waals surface area contributed by atoms with E-state index in [-0.39, 0.29) is 22.9 Å². The van der Waals surface area contributed by atoms with Crippen molar-refractivity contribution in [3.05, 3.63) is 0 Å². The maximum atomic E-state index is 11.8. The molecule has 0 aromatic rings. The molecule has 1 aliphatic rings. The third-order valence-corrected chi connectivity index (χ3v) is 3.42. The molecule has 3 unspecified atom stereocenters. The summed E-state index contributed by atoms with van der Waals surface area (Å²) in [5.41, 5.74) is 5.51. The van der Waals surface area contributed by atoms with Crippen molar-refractivity contribution in [1.29, 1.82) is 0 Å². The van der Waals surface area contributed by atoms with Gasteiger partial charge in [0.15, 0.2) is 0 Å². The second-order valence-corrected chi connectivity index (χ2v) is 4.70. The Bertz CT molecular complexity index is 271. The highest BCUT2D eigenvalue weighted by atomic mass is 32.1. The van der Waals surface area contributed by atoms with E-state index in [2.05, 4.69) is 5.32 Å². The summed E-state index contributed by atoms with van der Waals surface area (Å²) < 4.78 is 5.43. The molecule has 0 aromatic heterocycles. The Hall–Kier alpha value is -0.680. The first-order valence-electron chi connectivity index (χ1n) is 5.74. The number of ether oxygens (including phenoxy) is 1. The van der Waals surface area contributed by atoms with Gasteiger partial charge in [0.25, 0.3) is 0 Å². The summed E-state index contributed by atoms with van der Waals surface area (Å²) >= 11 is 4.86. The maximum Gasteiger partial charge on any atom is 0.229 e. The van der Waals surface area contributed by atoms with E-state index in [1.807, 2.05) is 13.8 Å². The van der Waals surface area contributed by atoms with Crippen LogP contribution in [-0.4, -0.2) is 30.2 Å². The monoisotopic (exact) mass is 244 g/mol. The Morgan fingerprint density at radius 1 is 1.69 bits per heavy atom. The first-order valence-corrected chi connectivity index (χ1v) is 6.15. The maximum absolute atomic E-state index is 11.8. The third kappa shape index (κ3) is 3.42. The molecule has 3 N–H and O–H groups in total. The number of nitrogens with two attached hydrogens (primary N) is 1. The van der Waals surface area contributed by atoms with Gasteiger partial charge in [-0.3, -0.25) is 4.79 Å². The molecule has 3 atom stereocenters. The first kappa shape index (κ1) is 13.4. The first-order chi connectivity index (χ1) is 7.56. The molecule has 5 heteroatoms. The summed E-state index contributed by atoms with van der Waals surface area (Å²) in [5, 5.41) is 2.90. The Morgan fingerprint density at radius 2 is 2.38 bits per heavy atom. The van der Waals surface area contributed by atoms with Gasteiger partial charge >= 0.3 is 0 Å². The zero-order valence-corrected chi connectivity index (χ0v) is 10.7. The van der Waals surface area contributed by atoms with Gasteiger partial charge in [-0.15, -0.1) is 0 Å². The lowest BCUT2D eigenvalue weighted by Gasteiger charge is -2.17. The van der Waals surface area contributed by atoms with Crippen molar-refractivity contribution in [2.24, 2.45) is 17.6 Å². The van der Waals surface area contributed by atoms with E-state index in [0.29, 0.717) is 18.9 Å². The lowest BCUT2D eigenvalue weighted by atomic mass is 10.0. The third-order valence-electron chi connectivity index (χ3n) is 3.14. The standard InChI is InChI=1S/C11H20N2O2S/c1-3-9(10(12)16)11(14)13-6-8-4-5-15-7(8)2/h7-9H,3-6H2,1-2H3,(H2,12,16)(H,13,14). The van der Waals surface area contributed by atoms with Gasteiger partial charge in [-0.2, -0.15) is 0 Å². The highest BCUT2D eigenvalue weighted by molar-refractivity contribution is 7.80. The fraction of sp³-hybridized carbons (Fsp3) is 0.818. The molecule has 1 fully saturated rings. The van der Waals surface area contributed by atoms with Gasteiger partial charge in [0, 0.05) is 19.1 Å². The van der Waals surface area contributed by atoms with Crippen LogP contribution in [0, 0.1) is 11.8 Å². The molecular weight excluding hydrogens is 224 g/mol. The minimum absolute atomic E-state index is 0.0610. The van der Waals surface area contributed by atoms with Gasteiger partial charge in [-0.1, -0.05) is 19.1 Å². The van der Waals surface area contributed by atoms with Gasteiger partial charge in [-0.05, 0) is 19.8 Å². The second kappa shape index (κ2) is 6.15. The molecule has 1 saturated heterocycles. The number of hydrogen-bond donors (Lipinski definition) is 2. The molecule has 1 amide bonds. The zero-order valence-electron chi connectivity index (χ0n) is 9.86. The van der Waals surface area contributed by atoms with Crippen molar-refractivity contribution in [2.75, 3.05) is 13.2 Å². The minimum Gasteiger partial charge on any atom is -0.393 e. The van der Waals surface area contributed by atoms with Crippen LogP contribution in [0.25, 0.3) is 0 Å². The molecule has 1 heterocycles. The van der Waals surface area contributed by atoms with Gasteiger partial charge in [0.05, 0.1) is 17.0 Å². The molecule has 0 aromatic carbocycles. The average Bonchev–Trinajstić information content (AvgIpc) is 2.61. The Balaban J connectivity index is 2.36. The van der Waals surface area contributed by atoms with E-state index in [9.17, 15) is 4.79 Å². The van der Waals surface area contributed by atoms with E-state index in [1.54, 1.807) is 0 Å². The quantitative estimate of drug-likeness (QED) is 0.703. The SMILES string of the molecule is CCC(C(=O)NCC1CCOC1C)C(N)=S. The fourth-order valence-corrected chi connectivity index (χ4v) is 2.19. The molecule has 0 radical (unpaired) electrons. The summed E-state index contributed by atoms with van der Waals surface area (Å²) in [4.78, 5) is 12.0. The van der Waals surface area contributed by atoms with Crippen molar-refractivity contribution >= 4 is 23.1 Å². The number of hydrogen-bond acceptors (Lipinski definition) is 3. The minimum atomic E-state index is -0.340. The Labute approximate surface area is 102 Å². The molecule has 4 nitrogen and oxygen atoms in total. The fourth-order valence-electron chi connectivity index (χ4n) is 1.91. The van der Waals surface area contributed by atoms with Gasteiger partial charge in [0.1, 0.15) is 0 Å². The number of nitrogens with one attached hydrogen (secondary N) is 1. The molecule has 92 valence electrons. The molecule has 0 bridgehead atoms. The van der Waals surface area contributed by atoms with Crippen LogP contribution >= 0.6 is 12.2 Å². The average molecular weight is 244 g/mol. The molecular formula is C11H20N2O2S. The zero-order chi connectivity index (χ0) is 12.1. The van der Waals surface area contributed by atoms with Crippen LogP contribution in [-0.2, 0) is 9.53 Å². The van der Waals surface area contributed by atoms with Crippen LogP contribution in [0.5, 0.6) is 0 Å². The van der Waals surface area contributed by atoms with Crippen LogP contribution in [0.1, 0.15) is 26.7 Å². The molecule has 0 saturated carbocycles. The van der Waals surface area contributed by atoms with E-state index in [1.165, 1.54) is 0 Å². The van der Waals surface area contributed by atoms with Gasteiger partial charge in [-0.25, -0.2) is 0 Å². The molecule has 0 spiro atoms. The van der Waals surface area contributed by atoms with E-state index >= 15 is 0 Å². The normalized spacial score (nSPS) is 26.4. The van der Waals surface area contributed by atoms with E-state index in [4.69, 9.17) is 22.7 Å². The lowest BCUT2D eigenvalue weighted by molar-refractivity contribution is -0.123. The van der Waals surface area contributed by atoms with E-state index in [0.717, 1.165) is 13.0 Å². The van der Waals surface area contributed by atoms with Crippen LogP contribution < -0.4 is 11.1 Å². The Morgan fingerprint density at radius 3 is 2.81 bits per heavy atom. The van der Waals surface area contributed by atoms with Crippen LogP contribution in [0.15, 0.2) is 0 Å². The lowest BCUT2D eigenvalue weighted by Crippen LogP contribution is -2.40. The van der Waals surface area contributed by atoms with E-state index < -0.39 is 0 Å². The smallest absolute Gasteiger partial charge is 0.229 e. The number of rotatable bonds is 5. The van der Waals surface area contributed by atoms with Gasteiger partial charge < -0.3 is 15.8 Å². The topological polar surface area (TPSA) is 64.3 Å². The largest absolute Gasteiger partial charge is 0.393 e. The molecule has 0 aliphatic carbocycles. The number of carbonyl (C=O) groups is 1. The number of amides is 1. The molecule has 1 aliphatic heterocycles. The van der Waals surface area contributed by atoms with Crippen LogP contribution in [0.2, 0.25) is 0 Å². The van der Waals surface area contributed by atoms with Crippen LogP contribution in [0.3, 0.4) is 0 Å². The Kier molecular flexibility index (Phi) is 5.15. The van der Waals surface area contributed by atoms with Crippen molar-refractivity contribution in [3.8, 4) is 0 Å². The highest BCUT2D eigenvalue weighted by Gasteiger charge is 2.26. The number of carbonyl (C=O) groups excluding carboxylic acids is 1. The second-order valence-electron chi connectivity index (χ2n) is 4.23.